The molecule has 0 unspecified atom stereocenters. The fourth-order valence-electron chi connectivity index (χ4n) is 1.14. The van der Waals surface area contributed by atoms with E-state index >= 15 is 0 Å². The number of hydrogen-bond donors (Lipinski definition) is 1. The second-order valence-corrected chi connectivity index (χ2v) is 4.15. The molecular formula is C10H11ClN2S. The van der Waals surface area contributed by atoms with Crippen LogP contribution in [-0.2, 0) is 6.42 Å². The number of nitrogen functional groups attached to an aromatic ring is 1. The van der Waals surface area contributed by atoms with Crippen LogP contribution in [0.5, 0.6) is 0 Å². The van der Waals surface area contributed by atoms with Gasteiger partial charge in [0, 0.05) is 4.90 Å². The molecule has 0 saturated carbocycles. The van der Waals surface area contributed by atoms with Gasteiger partial charge < -0.3 is 5.73 Å². The molecule has 0 aliphatic rings. The smallest absolute Gasteiger partial charge is 0.0855 e. The van der Waals surface area contributed by atoms with Crippen molar-refractivity contribution in [3.05, 3.63) is 22.7 Å². The van der Waals surface area contributed by atoms with Crippen LogP contribution in [0.15, 0.2) is 17.0 Å². The molecule has 0 aliphatic carbocycles. The summed E-state index contributed by atoms with van der Waals surface area (Å²) in [5.74, 6) is 0.393. The van der Waals surface area contributed by atoms with E-state index in [-0.39, 0.29) is 0 Å². The Bertz CT molecular complexity index is 371. The Labute approximate surface area is 93.1 Å². The fourth-order valence-corrected chi connectivity index (χ4v) is 2.11. The first-order valence-corrected chi connectivity index (χ1v) is 5.63. The summed E-state index contributed by atoms with van der Waals surface area (Å²) in [6, 6.07) is 5.93. The van der Waals surface area contributed by atoms with E-state index in [0.717, 1.165) is 16.9 Å². The number of aryl methyl sites for hydroxylation is 1. The lowest BCUT2D eigenvalue weighted by molar-refractivity contribution is 1.14. The normalized spacial score (nSPS) is 9.79. The van der Waals surface area contributed by atoms with Crippen LogP contribution < -0.4 is 5.73 Å². The average Bonchev–Trinajstić information content (AvgIpc) is 2.20. The number of anilines is 1. The van der Waals surface area contributed by atoms with Gasteiger partial charge in [-0.25, -0.2) is 0 Å². The Balaban J connectivity index is 2.99. The van der Waals surface area contributed by atoms with Gasteiger partial charge in [0.15, 0.2) is 0 Å². The van der Waals surface area contributed by atoms with E-state index in [4.69, 9.17) is 22.6 Å². The van der Waals surface area contributed by atoms with Crippen LogP contribution in [0.2, 0.25) is 5.02 Å². The zero-order chi connectivity index (χ0) is 10.6. The van der Waals surface area contributed by atoms with Crippen molar-refractivity contribution in [2.45, 2.75) is 18.2 Å². The highest BCUT2D eigenvalue weighted by Crippen LogP contribution is 2.33. The van der Waals surface area contributed by atoms with Gasteiger partial charge in [-0.3, -0.25) is 0 Å². The van der Waals surface area contributed by atoms with Gasteiger partial charge in [0.05, 0.1) is 22.5 Å². The zero-order valence-electron chi connectivity index (χ0n) is 7.88. The second kappa shape index (κ2) is 5.14. The van der Waals surface area contributed by atoms with E-state index < -0.39 is 0 Å². The molecule has 74 valence electrons. The molecule has 0 saturated heterocycles. The minimum atomic E-state index is 0.393. The Morgan fingerprint density at radius 1 is 1.57 bits per heavy atom. The summed E-state index contributed by atoms with van der Waals surface area (Å²) in [5, 5.41) is 9.02. The van der Waals surface area contributed by atoms with Gasteiger partial charge in [-0.2, -0.15) is 5.26 Å². The first kappa shape index (κ1) is 11.2. The number of halogens is 1. The third kappa shape index (κ3) is 2.34. The minimum absolute atomic E-state index is 0.393. The van der Waals surface area contributed by atoms with Gasteiger partial charge in [0.1, 0.15) is 0 Å². The van der Waals surface area contributed by atoms with Gasteiger partial charge in [-0.1, -0.05) is 24.6 Å². The average molecular weight is 227 g/mol. The molecule has 0 radical (unpaired) electrons. The van der Waals surface area contributed by atoms with Gasteiger partial charge in [0.2, 0.25) is 0 Å². The summed E-state index contributed by atoms with van der Waals surface area (Å²) >= 11 is 7.46. The molecule has 1 aromatic carbocycles. The summed E-state index contributed by atoms with van der Waals surface area (Å²) < 4.78 is 0. The molecule has 0 spiro atoms. The summed E-state index contributed by atoms with van der Waals surface area (Å²) in [7, 11) is 0. The highest BCUT2D eigenvalue weighted by Gasteiger charge is 2.07. The van der Waals surface area contributed by atoms with Crippen molar-refractivity contribution in [3.63, 3.8) is 0 Å². The lowest BCUT2D eigenvalue weighted by atomic mass is 10.1. The Morgan fingerprint density at radius 3 is 2.86 bits per heavy atom. The number of hydrogen-bond acceptors (Lipinski definition) is 3. The number of thioether (sulfide) groups is 1. The van der Waals surface area contributed by atoms with Crippen LogP contribution in [0.1, 0.15) is 12.5 Å². The first-order valence-electron chi connectivity index (χ1n) is 4.27. The van der Waals surface area contributed by atoms with E-state index in [1.54, 1.807) is 0 Å². The van der Waals surface area contributed by atoms with E-state index in [2.05, 4.69) is 6.07 Å². The maximum atomic E-state index is 8.44. The molecule has 1 rings (SSSR count). The predicted molar refractivity (Wildman–Crippen MR) is 61.6 cm³/mol. The molecule has 0 fully saturated rings. The van der Waals surface area contributed by atoms with Crippen molar-refractivity contribution in [1.82, 2.24) is 0 Å². The third-order valence-corrected chi connectivity index (χ3v) is 3.35. The summed E-state index contributed by atoms with van der Waals surface area (Å²) in [6.07, 6.45) is 0.870. The van der Waals surface area contributed by atoms with Crippen molar-refractivity contribution in [1.29, 1.82) is 5.26 Å². The maximum absolute atomic E-state index is 8.44. The largest absolute Gasteiger partial charge is 0.397 e. The monoisotopic (exact) mass is 226 g/mol. The number of nitrogens with zero attached hydrogens (tertiary/aromatic N) is 1. The van der Waals surface area contributed by atoms with E-state index in [1.807, 2.05) is 19.1 Å². The Hall–Kier alpha value is -0.850. The number of nitriles is 1. The van der Waals surface area contributed by atoms with Gasteiger partial charge >= 0.3 is 0 Å². The molecule has 4 heteroatoms. The lowest BCUT2D eigenvalue weighted by Gasteiger charge is -2.08. The molecule has 0 heterocycles. The molecule has 2 N–H and O–H groups in total. The Morgan fingerprint density at radius 2 is 2.29 bits per heavy atom. The van der Waals surface area contributed by atoms with Crippen LogP contribution in [0.25, 0.3) is 0 Å². The van der Waals surface area contributed by atoms with Crippen molar-refractivity contribution < 1.29 is 0 Å². The molecule has 0 atom stereocenters. The fraction of sp³-hybridized carbons (Fsp3) is 0.300. The summed E-state index contributed by atoms with van der Waals surface area (Å²) in [5.41, 5.74) is 7.53. The van der Waals surface area contributed by atoms with Crippen molar-refractivity contribution in [3.8, 4) is 6.07 Å². The van der Waals surface area contributed by atoms with Gasteiger partial charge in [-0.05, 0) is 18.1 Å². The van der Waals surface area contributed by atoms with Gasteiger partial charge in [-0.15, -0.1) is 11.8 Å². The quantitative estimate of drug-likeness (QED) is 0.637. The SMILES string of the molecule is CCc1ccc(SCC#N)c(Cl)c1N. The van der Waals surface area contributed by atoms with Crippen LogP contribution in [-0.4, -0.2) is 5.75 Å². The molecule has 0 aromatic heterocycles. The van der Waals surface area contributed by atoms with Crippen molar-refractivity contribution in [2.24, 2.45) is 0 Å². The van der Waals surface area contributed by atoms with E-state index in [1.165, 1.54) is 11.8 Å². The van der Waals surface area contributed by atoms with Crippen molar-refractivity contribution in [2.75, 3.05) is 11.5 Å². The number of nitrogens with two attached hydrogens (primary N) is 1. The maximum Gasteiger partial charge on any atom is 0.0855 e. The molecule has 0 amide bonds. The second-order valence-electron chi connectivity index (χ2n) is 2.75. The number of rotatable bonds is 3. The summed E-state index contributed by atoms with van der Waals surface area (Å²) in [4.78, 5) is 0.878. The van der Waals surface area contributed by atoms with E-state index in [9.17, 15) is 0 Å². The van der Waals surface area contributed by atoms with Crippen molar-refractivity contribution >= 4 is 29.1 Å². The number of benzene rings is 1. The molecule has 14 heavy (non-hydrogen) atoms. The minimum Gasteiger partial charge on any atom is -0.397 e. The zero-order valence-corrected chi connectivity index (χ0v) is 9.45. The highest BCUT2D eigenvalue weighted by molar-refractivity contribution is 7.99. The van der Waals surface area contributed by atoms with Crippen LogP contribution in [0.3, 0.4) is 0 Å². The molecule has 1 aromatic rings. The van der Waals surface area contributed by atoms with Crippen LogP contribution >= 0.6 is 23.4 Å². The molecular weight excluding hydrogens is 216 g/mol. The Kier molecular flexibility index (Phi) is 4.12. The molecule has 2 nitrogen and oxygen atoms in total. The molecule has 0 aliphatic heterocycles. The predicted octanol–water partition coefficient (Wildman–Crippen LogP) is 3.10. The first-order chi connectivity index (χ1) is 6.70. The standard InChI is InChI=1S/C10H11ClN2S/c1-2-7-3-4-8(14-6-5-12)9(11)10(7)13/h3-4H,2,6,13H2,1H3. The summed E-state index contributed by atoms with van der Waals surface area (Å²) in [6.45, 7) is 2.03. The van der Waals surface area contributed by atoms with Gasteiger partial charge in [0.25, 0.3) is 0 Å². The lowest BCUT2D eigenvalue weighted by Crippen LogP contribution is -1.95. The van der Waals surface area contributed by atoms with E-state index in [0.29, 0.717) is 16.5 Å². The molecule has 0 bridgehead atoms. The third-order valence-electron chi connectivity index (χ3n) is 1.91. The van der Waals surface area contributed by atoms with Crippen LogP contribution in [0, 0.1) is 11.3 Å². The highest BCUT2D eigenvalue weighted by atomic mass is 35.5. The topological polar surface area (TPSA) is 49.8 Å². The van der Waals surface area contributed by atoms with Crippen LogP contribution in [0.4, 0.5) is 5.69 Å².